The lowest BCUT2D eigenvalue weighted by Crippen LogP contribution is -2.40. The van der Waals surface area contributed by atoms with E-state index in [2.05, 4.69) is 27.1 Å². The molecule has 0 unspecified atom stereocenters. The molecule has 1 saturated carbocycles. The van der Waals surface area contributed by atoms with Gasteiger partial charge in [0.25, 0.3) is 0 Å². The molecule has 0 radical (unpaired) electrons. The van der Waals surface area contributed by atoms with Crippen LogP contribution in [0.4, 0.5) is 0 Å². The maximum absolute atomic E-state index is 5.68. The highest BCUT2D eigenvalue weighted by Crippen LogP contribution is 2.28. The first kappa shape index (κ1) is 17.5. The first-order chi connectivity index (χ1) is 11.3. The Balaban J connectivity index is 1.67. The number of nitrogens with one attached hydrogen (secondary N) is 1. The zero-order chi connectivity index (χ0) is 16.3. The van der Waals surface area contributed by atoms with Gasteiger partial charge in [0.1, 0.15) is 12.4 Å². The number of likely N-dealkylation sites (N-methyl/N-ethyl adjacent to an activating group) is 1. The van der Waals surface area contributed by atoms with Gasteiger partial charge in [-0.15, -0.1) is 0 Å². The second kappa shape index (κ2) is 10.0. The average Bonchev–Trinajstić information content (AvgIpc) is 3.39. The summed E-state index contributed by atoms with van der Waals surface area (Å²) in [6.07, 6.45) is 6.10. The molecule has 128 valence electrons. The Morgan fingerprint density at radius 3 is 3.00 bits per heavy atom. The van der Waals surface area contributed by atoms with Crippen LogP contribution >= 0.6 is 0 Å². The zero-order valence-corrected chi connectivity index (χ0v) is 14.2. The van der Waals surface area contributed by atoms with Crippen molar-refractivity contribution in [2.45, 2.75) is 19.8 Å². The van der Waals surface area contributed by atoms with Crippen LogP contribution in [0.15, 0.2) is 29.5 Å². The van der Waals surface area contributed by atoms with E-state index in [4.69, 9.17) is 9.47 Å². The van der Waals surface area contributed by atoms with Gasteiger partial charge >= 0.3 is 0 Å². The van der Waals surface area contributed by atoms with Crippen molar-refractivity contribution < 1.29 is 9.47 Å². The Kier molecular flexibility index (Phi) is 7.66. The van der Waals surface area contributed by atoms with Gasteiger partial charge in [-0.2, -0.15) is 0 Å². The van der Waals surface area contributed by atoms with Crippen molar-refractivity contribution in [3.05, 3.63) is 24.5 Å². The van der Waals surface area contributed by atoms with Gasteiger partial charge < -0.3 is 19.7 Å². The van der Waals surface area contributed by atoms with E-state index in [1.807, 2.05) is 19.2 Å². The molecule has 1 fully saturated rings. The standard InChI is InChI=1S/C17H28N4O2/c1-3-19-17(21(2)10-12-22-14-15-6-7-15)20-9-11-23-16-5-4-8-18-13-16/h4-5,8,13,15H,3,6-7,9-12,14H2,1-2H3,(H,19,20). The van der Waals surface area contributed by atoms with Gasteiger partial charge in [0, 0.05) is 32.9 Å². The van der Waals surface area contributed by atoms with Crippen molar-refractivity contribution in [1.82, 2.24) is 15.2 Å². The molecular weight excluding hydrogens is 292 g/mol. The number of hydrogen-bond donors (Lipinski definition) is 1. The van der Waals surface area contributed by atoms with E-state index in [0.717, 1.165) is 43.9 Å². The van der Waals surface area contributed by atoms with Crippen molar-refractivity contribution in [2.24, 2.45) is 10.9 Å². The molecule has 2 rings (SSSR count). The number of pyridine rings is 1. The molecule has 0 aromatic carbocycles. The van der Waals surface area contributed by atoms with Gasteiger partial charge in [-0.3, -0.25) is 4.98 Å². The largest absolute Gasteiger partial charge is 0.490 e. The van der Waals surface area contributed by atoms with Crippen LogP contribution in [0.25, 0.3) is 0 Å². The van der Waals surface area contributed by atoms with Gasteiger partial charge in [0.05, 0.1) is 19.3 Å². The molecule has 23 heavy (non-hydrogen) atoms. The first-order valence-electron chi connectivity index (χ1n) is 8.39. The molecule has 1 aromatic rings. The Bertz CT molecular complexity index is 463. The fraction of sp³-hybridized carbons (Fsp3) is 0.647. The summed E-state index contributed by atoms with van der Waals surface area (Å²) in [6.45, 7) is 6.53. The molecule has 0 atom stereocenters. The smallest absolute Gasteiger partial charge is 0.193 e. The van der Waals surface area contributed by atoms with E-state index >= 15 is 0 Å². The molecule has 1 aliphatic rings. The van der Waals surface area contributed by atoms with E-state index in [1.165, 1.54) is 12.8 Å². The fourth-order valence-corrected chi connectivity index (χ4v) is 2.06. The predicted molar refractivity (Wildman–Crippen MR) is 91.9 cm³/mol. The summed E-state index contributed by atoms with van der Waals surface area (Å²) in [4.78, 5) is 10.7. The normalized spacial score (nSPS) is 14.6. The molecule has 0 spiro atoms. The van der Waals surface area contributed by atoms with Crippen molar-refractivity contribution in [3.8, 4) is 5.75 Å². The highest BCUT2D eigenvalue weighted by Gasteiger charge is 2.21. The molecule has 0 bridgehead atoms. The molecule has 1 heterocycles. The second-order valence-electron chi connectivity index (χ2n) is 5.71. The summed E-state index contributed by atoms with van der Waals surface area (Å²) < 4.78 is 11.3. The minimum atomic E-state index is 0.534. The van der Waals surface area contributed by atoms with Crippen molar-refractivity contribution in [2.75, 3.05) is 46.5 Å². The Morgan fingerprint density at radius 1 is 1.43 bits per heavy atom. The van der Waals surface area contributed by atoms with E-state index in [0.29, 0.717) is 13.2 Å². The van der Waals surface area contributed by atoms with Gasteiger partial charge in [0.15, 0.2) is 5.96 Å². The number of guanidine groups is 1. The van der Waals surface area contributed by atoms with E-state index in [9.17, 15) is 0 Å². The minimum Gasteiger partial charge on any atom is -0.490 e. The molecule has 0 aliphatic heterocycles. The quantitative estimate of drug-likeness (QED) is 0.405. The molecule has 1 aliphatic carbocycles. The predicted octanol–water partition coefficient (Wildman–Crippen LogP) is 1.78. The van der Waals surface area contributed by atoms with Gasteiger partial charge in [-0.1, -0.05) is 0 Å². The van der Waals surface area contributed by atoms with Crippen LogP contribution in [-0.4, -0.2) is 62.3 Å². The summed E-state index contributed by atoms with van der Waals surface area (Å²) in [6, 6.07) is 3.75. The maximum atomic E-state index is 5.68. The van der Waals surface area contributed by atoms with E-state index in [1.54, 1.807) is 12.4 Å². The highest BCUT2D eigenvalue weighted by molar-refractivity contribution is 5.79. The first-order valence-corrected chi connectivity index (χ1v) is 8.39. The Morgan fingerprint density at radius 2 is 2.30 bits per heavy atom. The number of nitrogens with zero attached hydrogens (tertiary/aromatic N) is 3. The van der Waals surface area contributed by atoms with Crippen LogP contribution in [0.1, 0.15) is 19.8 Å². The molecule has 1 N–H and O–H groups in total. The number of hydrogen-bond acceptors (Lipinski definition) is 4. The van der Waals surface area contributed by atoms with Crippen molar-refractivity contribution in [3.63, 3.8) is 0 Å². The third-order valence-electron chi connectivity index (χ3n) is 3.57. The van der Waals surface area contributed by atoms with Crippen LogP contribution in [-0.2, 0) is 4.74 Å². The van der Waals surface area contributed by atoms with Crippen LogP contribution in [0, 0.1) is 5.92 Å². The Labute approximate surface area is 138 Å². The molecule has 0 amide bonds. The monoisotopic (exact) mass is 320 g/mol. The lowest BCUT2D eigenvalue weighted by molar-refractivity contribution is 0.115. The van der Waals surface area contributed by atoms with Gasteiger partial charge in [-0.05, 0) is 37.8 Å². The Hall–Kier alpha value is -1.82. The minimum absolute atomic E-state index is 0.534. The number of aromatic nitrogens is 1. The van der Waals surface area contributed by atoms with E-state index in [-0.39, 0.29) is 0 Å². The topological polar surface area (TPSA) is 59.0 Å². The van der Waals surface area contributed by atoms with Crippen LogP contribution in [0.3, 0.4) is 0 Å². The van der Waals surface area contributed by atoms with Crippen LogP contribution in [0.2, 0.25) is 0 Å². The van der Waals surface area contributed by atoms with Gasteiger partial charge in [-0.25, -0.2) is 4.99 Å². The second-order valence-corrected chi connectivity index (χ2v) is 5.71. The molecule has 6 nitrogen and oxygen atoms in total. The summed E-state index contributed by atoms with van der Waals surface area (Å²) >= 11 is 0. The molecular formula is C17H28N4O2. The SMILES string of the molecule is CCNC(=NCCOc1cccnc1)N(C)CCOCC1CC1. The third-order valence-corrected chi connectivity index (χ3v) is 3.57. The summed E-state index contributed by atoms with van der Waals surface area (Å²) in [5, 5.41) is 3.30. The number of rotatable bonds is 10. The molecule has 6 heteroatoms. The summed E-state index contributed by atoms with van der Waals surface area (Å²) in [5.74, 6) is 2.47. The lowest BCUT2D eigenvalue weighted by atomic mass is 10.5. The van der Waals surface area contributed by atoms with Crippen molar-refractivity contribution >= 4 is 5.96 Å². The highest BCUT2D eigenvalue weighted by atomic mass is 16.5. The van der Waals surface area contributed by atoms with Gasteiger partial charge in [0.2, 0.25) is 0 Å². The lowest BCUT2D eigenvalue weighted by Gasteiger charge is -2.22. The number of ether oxygens (including phenoxy) is 2. The molecule has 1 aromatic heterocycles. The number of aliphatic imine (C=N–C) groups is 1. The summed E-state index contributed by atoms with van der Waals surface area (Å²) in [7, 11) is 2.03. The van der Waals surface area contributed by atoms with Crippen molar-refractivity contribution in [1.29, 1.82) is 0 Å². The van der Waals surface area contributed by atoms with E-state index < -0.39 is 0 Å². The maximum Gasteiger partial charge on any atom is 0.193 e. The van der Waals surface area contributed by atoms with Crippen LogP contribution in [0.5, 0.6) is 5.75 Å². The van der Waals surface area contributed by atoms with Crippen LogP contribution < -0.4 is 10.1 Å². The third kappa shape index (κ3) is 7.32. The summed E-state index contributed by atoms with van der Waals surface area (Å²) in [5.41, 5.74) is 0. The fourth-order valence-electron chi connectivity index (χ4n) is 2.06. The average molecular weight is 320 g/mol. The molecule has 0 saturated heterocycles. The zero-order valence-electron chi connectivity index (χ0n) is 14.2.